The zero-order chi connectivity index (χ0) is 18.7. The Kier molecular flexibility index (Phi) is 8.11. The van der Waals surface area contributed by atoms with Crippen LogP contribution in [0.3, 0.4) is 0 Å². The summed E-state index contributed by atoms with van der Waals surface area (Å²) in [6, 6.07) is 0. The van der Waals surface area contributed by atoms with E-state index < -0.39 is 10.7 Å². The van der Waals surface area contributed by atoms with Crippen molar-refractivity contribution in [2.24, 2.45) is 0 Å². The Morgan fingerprint density at radius 1 is 0.833 bits per heavy atom. The Labute approximate surface area is 164 Å². The lowest BCUT2D eigenvalue weighted by molar-refractivity contribution is 0.165. The predicted molar refractivity (Wildman–Crippen MR) is 108 cm³/mol. The van der Waals surface area contributed by atoms with Crippen molar-refractivity contribution < 1.29 is 9.59 Å². The topological polar surface area (TPSA) is 40.6 Å². The van der Waals surface area contributed by atoms with Gasteiger partial charge in [-0.3, -0.25) is 9.59 Å². The summed E-state index contributed by atoms with van der Waals surface area (Å²) in [5, 5.41) is -0.102. The highest BCUT2D eigenvalue weighted by molar-refractivity contribution is 8.07. The second kappa shape index (κ2) is 8.74. The third-order valence-electron chi connectivity index (χ3n) is 3.85. The molecule has 0 saturated carbocycles. The quantitative estimate of drug-likeness (QED) is 0.472. The fourth-order valence-electron chi connectivity index (χ4n) is 2.42. The van der Waals surface area contributed by atoms with Crippen LogP contribution in [0, 0.1) is 0 Å². The van der Waals surface area contributed by atoms with Crippen LogP contribution in [-0.2, 0) is 0 Å². The van der Waals surface area contributed by atoms with E-state index in [-0.39, 0.29) is 11.1 Å². The first-order chi connectivity index (χ1) is 10.8. The third-order valence-corrected chi connectivity index (χ3v) is 7.45. The molecule has 0 bridgehead atoms. The number of carbonyl (C=O) groups excluding carboxylic acids is 2. The molecule has 1 aliphatic rings. The number of thioether (sulfide) groups is 2. The van der Waals surface area contributed by atoms with Crippen molar-refractivity contribution in [1.29, 1.82) is 0 Å². The summed E-state index contributed by atoms with van der Waals surface area (Å²) in [7, 11) is 0. The molecule has 0 aromatic carbocycles. The number of hydrogen-bond acceptors (Lipinski definition) is 4. The van der Waals surface area contributed by atoms with Crippen LogP contribution in [0.4, 0.5) is 9.59 Å². The van der Waals surface area contributed by atoms with Gasteiger partial charge in [-0.05, 0) is 64.7 Å². The highest BCUT2D eigenvalue weighted by Gasteiger charge is 2.33. The van der Waals surface area contributed by atoms with Gasteiger partial charge in [0.05, 0.1) is 0 Å². The highest BCUT2D eigenvalue weighted by Crippen LogP contribution is 2.33. The van der Waals surface area contributed by atoms with Gasteiger partial charge < -0.3 is 9.80 Å². The molecule has 2 amide bonds. The summed E-state index contributed by atoms with van der Waals surface area (Å²) < 4.78 is 0. The first-order valence-corrected chi connectivity index (χ1v) is 10.8. The lowest BCUT2D eigenvalue weighted by Gasteiger charge is -2.40. The largest absolute Gasteiger partial charge is 0.323 e. The zero-order valence-corrected chi connectivity index (χ0v) is 18.4. The van der Waals surface area contributed by atoms with Crippen molar-refractivity contribution in [3.63, 3.8) is 0 Å². The molecule has 2 unspecified atom stereocenters. The minimum atomic E-state index is -0.401. The molecule has 8 heteroatoms. The molecule has 1 fully saturated rings. The Hall–Kier alpha value is 0.220. The molecule has 0 aliphatic carbocycles. The monoisotopic (exact) mass is 414 g/mol. The van der Waals surface area contributed by atoms with Gasteiger partial charge in [-0.15, -0.1) is 0 Å². The van der Waals surface area contributed by atoms with Gasteiger partial charge in [-0.1, -0.05) is 0 Å². The number of carbonyl (C=O) groups is 2. The minimum Gasteiger partial charge on any atom is -0.323 e. The van der Waals surface area contributed by atoms with E-state index in [0.717, 1.165) is 11.5 Å². The molecule has 0 N–H and O–H groups in total. The molecule has 1 aliphatic heterocycles. The van der Waals surface area contributed by atoms with E-state index in [1.165, 1.54) is 0 Å². The number of amides is 2. The van der Waals surface area contributed by atoms with Crippen LogP contribution in [0.1, 0.15) is 41.5 Å². The van der Waals surface area contributed by atoms with E-state index in [1.807, 2.05) is 65.1 Å². The van der Waals surface area contributed by atoms with Crippen molar-refractivity contribution in [2.45, 2.75) is 63.1 Å². The number of nitrogens with zero attached hydrogens (tertiary/aromatic N) is 2. The summed E-state index contributed by atoms with van der Waals surface area (Å²) in [6.45, 7) is 13.2. The Bertz CT molecular complexity index is 414. The molecule has 2 atom stereocenters. The van der Waals surface area contributed by atoms with Crippen molar-refractivity contribution in [2.75, 3.05) is 24.6 Å². The summed E-state index contributed by atoms with van der Waals surface area (Å²) in [5.41, 5.74) is -0.566. The van der Waals surface area contributed by atoms with Gasteiger partial charge in [0.2, 0.25) is 0 Å². The first kappa shape index (κ1) is 22.3. The average Bonchev–Trinajstić information content (AvgIpc) is 2.40. The Balaban J connectivity index is 2.57. The van der Waals surface area contributed by atoms with E-state index in [0.29, 0.717) is 23.6 Å². The third kappa shape index (κ3) is 6.85. The van der Waals surface area contributed by atoms with Crippen LogP contribution in [0.2, 0.25) is 0 Å². The number of hydrogen-bond donors (Lipinski definition) is 0. The second-order valence-corrected chi connectivity index (χ2v) is 11.3. The highest BCUT2D eigenvalue weighted by atomic mass is 35.5. The lowest BCUT2D eigenvalue weighted by atomic mass is 10.1. The van der Waals surface area contributed by atoms with Gasteiger partial charge in [0.1, 0.15) is 0 Å². The van der Waals surface area contributed by atoms with Crippen molar-refractivity contribution in [3.8, 4) is 0 Å². The van der Waals surface area contributed by atoms with Crippen LogP contribution in [-0.4, -0.2) is 66.7 Å². The SMILES string of the molecule is CC(C)(C)N(CC1CSC(CN(C(=O)Cl)C(C)(C)C)CS1)C(=O)Cl. The van der Waals surface area contributed by atoms with Crippen molar-refractivity contribution in [3.05, 3.63) is 0 Å². The van der Waals surface area contributed by atoms with E-state index in [1.54, 1.807) is 9.80 Å². The maximum atomic E-state index is 11.7. The maximum Gasteiger partial charge on any atom is 0.316 e. The molecule has 0 radical (unpaired) electrons. The zero-order valence-electron chi connectivity index (χ0n) is 15.3. The van der Waals surface area contributed by atoms with E-state index in [4.69, 9.17) is 23.2 Å². The van der Waals surface area contributed by atoms with E-state index >= 15 is 0 Å². The first-order valence-electron chi connectivity index (χ1n) is 7.99. The van der Waals surface area contributed by atoms with Crippen LogP contribution in [0.25, 0.3) is 0 Å². The van der Waals surface area contributed by atoms with Gasteiger partial charge in [0.15, 0.2) is 0 Å². The molecular formula is C16H28Cl2N2O2S2. The summed E-state index contributed by atoms with van der Waals surface area (Å²) in [6.07, 6.45) is 0. The molecule has 0 aromatic heterocycles. The van der Waals surface area contributed by atoms with Crippen LogP contribution in [0.5, 0.6) is 0 Å². The molecular weight excluding hydrogens is 387 g/mol. The Morgan fingerprint density at radius 3 is 1.29 bits per heavy atom. The maximum absolute atomic E-state index is 11.7. The molecule has 1 rings (SSSR count). The number of halogens is 2. The van der Waals surface area contributed by atoms with Crippen molar-refractivity contribution in [1.82, 2.24) is 9.80 Å². The van der Waals surface area contributed by atoms with Crippen LogP contribution < -0.4 is 0 Å². The minimum absolute atomic E-state index is 0.283. The lowest BCUT2D eigenvalue weighted by Crippen LogP contribution is -2.49. The normalized spacial score (nSPS) is 22.2. The predicted octanol–water partition coefficient (Wildman–Crippen LogP) is 5.12. The van der Waals surface area contributed by atoms with Gasteiger partial charge in [-0.25, -0.2) is 0 Å². The fraction of sp³-hybridized carbons (Fsp3) is 0.875. The molecule has 1 heterocycles. The summed E-state index contributed by atoms with van der Waals surface area (Å²) in [4.78, 5) is 26.8. The van der Waals surface area contributed by atoms with Gasteiger partial charge >= 0.3 is 10.7 Å². The van der Waals surface area contributed by atoms with Gasteiger partial charge in [0.25, 0.3) is 0 Å². The van der Waals surface area contributed by atoms with Crippen LogP contribution >= 0.6 is 46.7 Å². The second-order valence-electron chi connectivity index (χ2n) is 7.98. The molecule has 140 valence electrons. The summed E-state index contributed by atoms with van der Waals surface area (Å²) in [5.74, 6) is 1.86. The van der Waals surface area contributed by atoms with E-state index in [9.17, 15) is 9.59 Å². The van der Waals surface area contributed by atoms with Crippen molar-refractivity contribution >= 4 is 57.5 Å². The molecule has 24 heavy (non-hydrogen) atoms. The molecule has 4 nitrogen and oxygen atoms in total. The average molecular weight is 415 g/mol. The number of rotatable bonds is 4. The van der Waals surface area contributed by atoms with Gasteiger partial charge in [-0.2, -0.15) is 23.5 Å². The van der Waals surface area contributed by atoms with Gasteiger partial charge in [0, 0.05) is 46.2 Å². The summed E-state index contributed by atoms with van der Waals surface area (Å²) >= 11 is 15.2. The standard InChI is InChI=1S/C16H28Cl2N2O2S2/c1-15(2,3)19(13(17)21)7-11-9-24-12(10-23-11)8-20(14(18)22)16(4,5)6/h11-12H,7-10H2,1-6H3. The van der Waals surface area contributed by atoms with E-state index in [2.05, 4.69) is 0 Å². The van der Waals surface area contributed by atoms with Crippen LogP contribution in [0.15, 0.2) is 0 Å². The molecule has 0 spiro atoms. The fourth-order valence-corrected chi connectivity index (χ4v) is 6.00. The molecule has 0 aromatic rings. The smallest absolute Gasteiger partial charge is 0.316 e. The Morgan fingerprint density at radius 2 is 1.12 bits per heavy atom. The molecule has 1 saturated heterocycles.